The van der Waals surface area contributed by atoms with E-state index in [1.165, 1.54) is 5.56 Å². The van der Waals surface area contributed by atoms with Crippen molar-refractivity contribution in [3.8, 4) is 11.5 Å². The minimum absolute atomic E-state index is 0.209. The topological polar surface area (TPSA) is 56.5 Å². The van der Waals surface area contributed by atoms with Crippen molar-refractivity contribution in [2.75, 3.05) is 27.3 Å². The van der Waals surface area contributed by atoms with E-state index in [1.807, 2.05) is 12.1 Å². The SMILES string of the molecule is COc1ccc(C2CNCC2(C)N)cc1OC. The van der Waals surface area contributed by atoms with Gasteiger partial charge in [0, 0.05) is 24.5 Å². The van der Waals surface area contributed by atoms with Crippen molar-refractivity contribution in [1.29, 1.82) is 0 Å². The molecule has 94 valence electrons. The van der Waals surface area contributed by atoms with Crippen LogP contribution in [0.4, 0.5) is 0 Å². The molecule has 0 aliphatic carbocycles. The van der Waals surface area contributed by atoms with Crippen molar-refractivity contribution in [2.45, 2.75) is 18.4 Å². The second-order valence-corrected chi connectivity index (χ2v) is 4.80. The molecule has 0 aromatic heterocycles. The molecular weight excluding hydrogens is 216 g/mol. The first-order valence-corrected chi connectivity index (χ1v) is 5.80. The van der Waals surface area contributed by atoms with Crippen LogP contribution in [0.5, 0.6) is 11.5 Å². The Hall–Kier alpha value is -1.26. The summed E-state index contributed by atoms with van der Waals surface area (Å²) >= 11 is 0. The predicted octanol–water partition coefficient (Wildman–Crippen LogP) is 1.11. The predicted molar refractivity (Wildman–Crippen MR) is 67.7 cm³/mol. The molecule has 17 heavy (non-hydrogen) atoms. The quantitative estimate of drug-likeness (QED) is 0.825. The molecule has 0 bridgehead atoms. The van der Waals surface area contributed by atoms with Gasteiger partial charge in [0.2, 0.25) is 0 Å². The van der Waals surface area contributed by atoms with E-state index in [-0.39, 0.29) is 5.54 Å². The number of nitrogens with one attached hydrogen (secondary N) is 1. The maximum atomic E-state index is 6.28. The maximum Gasteiger partial charge on any atom is 0.160 e. The zero-order chi connectivity index (χ0) is 12.5. The van der Waals surface area contributed by atoms with Crippen LogP contribution in [0.1, 0.15) is 18.4 Å². The molecule has 1 aliphatic rings. The molecule has 4 nitrogen and oxygen atoms in total. The lowest BCUT2D eigenvalue weighted by Gasteiger charge is -2.26. The van der Waals surface area contributed by atoms with Gasteiger partial charge in [0.25, 0.3) is 0 Å². The van der Waals surface area contributed by atoms with Gasteiger partial charge in [-0.05, 0) is 24.6 Å². The van der Waals surface area contributed by atoms with Crippen molar-refractivity contribution >= 4 is 0 Å². The number of rotatable bonds is 3. The third kappa shape index (κ3) is 2.23. The summed E-state index contributed by atoms with van der Waals surface area (Å²) in [6.07, 6.45) is 0. The van der Waals surface area contributed by atoms with E-state index in [1.54, 1.807) is 14.2 Å². The van der Waals surface area contributed by atoms with Crippen LogP contribution in [-0.2, 0) is 0 Å². The van der Waals surface area contributed by atoms with E-state index in [0.717, 1.165) is 24.6 Å². The minimum atomic E-state index is -0.209. The molecule has 1 fully saturated rings. The second kappa shape index (κ2) is 4.55. The molecule has 4 heteroatoms. The molecule has 0 saturated carbocycles. The van der Waals surface area contributed by atoms with Crippen molar-refractivity contribution < 1.29 is 9.47 Å². The van der Waals surface area contributed by atoms with Crippen LogP contribution in [0.25, 0.3) is 0 Å². The Balaban J connectivity index is 2.33. The van der Waals surface area contributed by atoms with E-state index in [2.05, 4.69) is 18.3 Å². The lowest BCUT2D eigenvalue weighted by molar-refractivity contribution is 0.353. The molecule has 2 atom stereocenters. The van der Waals surface area contributed by atoms with Crippen LogP contribution >= 0.6 is 0 Å². The van der Waals surface area contributed by atoms with Gasteiger partial charge < -0.3 is 20.5 Å². The highest BCUT2D eigenvalue weighted by Gasteiger charge is 2.36. The van der Waals surface area contributed by atoms with Crippen LogP contribution in [-0.4, -0.2) is 32.8 Å². The highest BCUT2D eigenvalue weighted by atomic mass is 16.5. The minimum Gasteiger partial charge on any atom is -0.493 e. The fraction of sp³-hybridized carbons (Fsp3) is 0.538. The largest absolute Gasteiger partial charge is 0.493 e. The van der Waals surface area contributed by atoms with E-state index in [9.17, 15) is 0 Å². The Labute approximate surface area is 102 Å². The first-order valence-electron chi connectivity index (χ1n) is 5.80. The van der Waals surface area contributed by atoms with Gasteiger partial charge in [-0.15, -0.1) is 0 Å². The van der Waals surface area contributed by atoms with Crippen LogP contribution in [0.2, 0.25) is 0 Å². The Morgan fingerprint density at radius 1 is 1.29 bits per heavy atom. The van der Waals surface area contributed by atoms with Crippen LogP contribution in [0.15, 0.2) is 18.2 Å². The number of methoxy groups -OCH3 is 2. The van der Waals surface area contributed by atoms with Gasteiger partial charge in [0.15, 0.2) is 11.5 Å². The third-order valence-electron chi connectivity index (χ3n) is 3.46. The Morgan fingerprint density at radius 2 is 2.00 bits per heavy atom. The highest BCUT2D eigenvalue weighted by molar-refractivity contribution is 5.45. The zero-order valence-electron chi connectivity index (χ0n) is 10.6. The number of hydrogen-bond donors (Lipinski definition) is 2. The molecule has 1 heterocycles. The smallest absolute Gasteiger partial charge is 0.160 e. The summed E-state index contributed by atoms with van der Waals surface area (Å²) in [4.78, 5) is 0. The number of hydrogen-bond acceptors (Lipinski definition) is 4. The van der Waals surface area contributed by atoms with Crippen molar-refractivity contribution in [2.24, 2.45) is 5.73 Å². The highest BCUT2D eigenvalue weighted by Crippen LogP contribution is 2.35. The Morgan fingerprint density at radius 3 is 2.53 bits per heavy atom. The average Bonchev–Trinajstić information content (AvgIpc) is 2.68. The fourth-order valence-corrected chi connectivity index (χ4v) is 2.41. The average molecular weight is 236 g/mol. The number of ether oxygens (including phenoxy) is 2. The van der Waals surface area contributed by atoms with E-state index < -0.39 is 0 Å². The standard InChI is InChI=1S/C13H20N2O2/c1-13(14)8-15-7-10(13)9-4-5-11(16-2)12(6-9)17-3/h4-6,10,15H,7-8,14H2,1-3H3. The van der Waals surface area contributed by atoms with Crippen LogP contribution in [0, 0.1) is 0 Å². The molecule has 1 aromatic rings. The van der Waals surface area contributed by atoms with E-state index >= 15 is 0 Å². The van der Waals surface area contributed by atoms with Gasteiger partial charge in [-0.25, -0.2) is 0 Å². The summed E-state index contributed by atoms with van der Waals surface area (Å²) in [5, 5.41) is 3.33. The molecule has 0 spiro atoms. The van der Waals surface area contributed by atoms with Crippen molar-refractivity contribution in [3.05, 3.63) is 23.8 Å². The molecule has 2 rings (SSSR count). The lowest BCUT2D eigenvalue weighted by Crippen LogP contribution is -2.42. The first kappa shape index (κ1) is 12.2. The van der Waals surface area contributed by atoms with Crippen molar-refractivity contribution in [1.82, 2.24) is 5.32 Å². The maximum absolute atomic E-state index is 6.28. The summed E-state index contributed by atoms with van der Waals surface area (Å²) in [5.74, 6) is 1.82. The Bertz CT molecular complexity index is 404. The van der Waals surface area contributed by atoms with Gasteiger partial charge in [0.05, 0.1) is 14.2 Å². The van der Waals surface area contributed by atoms with E-state index in [4.69, 9.17) is 15.2 Å². The molecule has 2 unspecified atom stereocenters. The summed E-state index contributed by atoms with van der Waals surface area (Å²) in [7, 11) is 3.29. The lowest BCUT2D eigenvalue weighted by atomic mass is 9.84. The van der Waals surface area contributed by atoms with Gasteiger partial charge in [-0.1, -0.05) is 6.07 Å². The first-order chi connectivity index (χ1) is 8.08. The van der Waals surface area contributed by atoms with Crippen LogP contribution in [0.3, 0.4) is 0 Å². The summed E-state index contributed by atoms with van der Waals surface area (Å²) in [6, 6.07) is 6.01. The summed E-state index contributed by atoms with van der Waals surface area (Å²) in [5.41, 5.74) is 7.27. The van der Waals surface area contributed by atoms with Gasteiger partial charge in [-0.2, -0.15) is 0 Å². The second-order valence-electron chi connectivity index (χ2n) is 4.80. The molecule has 0 amide bonds. The monoisotopic (exact) mass is 236 g/mol. The summed E-state index contributed by atoms with van der Waals surface area (Å²) < 4.78 is 10.6. The van der Waals surface area contributed by atoms with Crippen LogP contribution < -0.4 is 20.5 Å². The number of nitrogens with two attached hydrogens (primary N) is 1. The van der Waals surface area contributed by atoms with Gasteiger partial charge >= 0.3 is 0 Å². The molecule has 1 aromatic carbocycles. The molecule has 0 radical (unpaired) electrons. The normalized spacial score (nSPS) is 28.1. The summed E-state index contributed by atoms with van der Waals surface area (Å²) in [6.45, 7) is 3.82. The van der Waals surface area contributed by atoms with Crippen molar-refractivity contribution in [3.63, 3.8) is 0 Å². The van der Waals surface area contributed by atoms with Gasteiger partial charge in [0.1, 0.15) is 0 Å². The van der Waals surface area contributed by atoms with E-state index in [0.29, 0.717) is 5.92 Å². The van der Waals surface area contributed by atoms with Gasteiger partial charge in [-0.3, -0.25) is 0 Å². The molecule has 3 N–H and O–H groups in total. The number of benzene rings is 1. The fourth-order valence-electron chi connectivity index (χ4n) is 2.41. The zero-order valence-corrected chi connectivity index (χ0v) is 10.6. The molecule has 1 saturated heterocycles. The molecular formula is C13H20N2O2. The molecule has 1 aliphatic heterocycles. The Kier molecular flexibility index (Phi) is 3.26. The third-order valence-corrected chi connectivity index (χ3v) is 3.46.